The van der Waals surface area contributed by atoms with Gasteiger partial charge in [-0.1, -0.05) is 11.3 Å². The fourth-order valence-corrected chi connectivity index (χ4v) is 5.21. The topological polar surface area (TPSA) is 78.9 Å². The van der Waals surface area contributed by atoms with Crippen molar-refractivity contribution in [3.8, 4) is 5.19 Å². The molecule has 0 aromatic carbocycles. The summed E-state index contributed by atoms with van der Waals surface area (Å²) < 4.78 is 33.0. The molecule has 0 saturated carbocycles. The lowest BCUT2D eigenvalue weighted by Gasteiger charge is -2.35. The van der Waals surface area contributed by atoms with E-state index >= 15 is 0 Å². The van der Waals surface area contributed by atoms with Gasteiger partial charge in [-0.05, 0) is 18.8 Å². The highest BCUT2D eigenvalue weighted by atomic mass is 32.2. The number of hydrogen-bond acceptors (Lipinski definition) is 7. The number of ether oxygens (including phenoxy) is 1. The van der Waals surface area contributed by atoms with E-state index in [2.05, 4.69) is 15.1 Å². The van der Waals surface area contributed by atoms with E-state index in [4.69, 9.17) is 4.74 Å². The van der Waals surface area contributed by atoms with Gasteiger partial charge in [-0.2, -0.15) is 17.0 Å². The summed E-state index contributed by atoms with van der Waals surface area (Å²) in [4.78, 5) is 2.35. The van der Waals surface area contributed by atoms with Crippen LogP contribution < -0.4 is 4.74 Å². The molecule has 0 radical (unpaired) electrons. The predicted molar refractivity (Wildman–Crippen MR) is 87.6 cm³/mol. The van der Waals surface area contributed by atoms with Crippen LogP contribution in [0.1, 0.15) is 17.8 Å². The van der Waals surface area contributed by atoms with Crippen LogP contribution in [0.3, 0.4) is 0 Å². The molecule has 10 heteroatoms. The zero-order chi connectivity index (χ0) is 16.6. The smallest absolute Gasteiger partial charge is 0.293 e. The third-order valence-corrected chi connectivity index (χ3v) is 7.29. The standard InChI is InChI=1S/C13H23N5O3S2/c1-16(2)23(19,20)18-7-10-4-5-11(8-18)17(6-10)9-12-14-15-13(21-3)22-12/h10-11H,4-9H2,1-3H3/t10-,11-/m1/s1. The molecule has 4 heterocycles. The summed E-state index contributed by atoms with van der Waals surface area (Å²) in [5.74, 6) is 0.373. The fourth-order valence-electron chi connectivity index (χ4n) is 3.31. The van der Waals surface area contributed by atoms with Crippen LogP contribution in [-0.4, -0.2) is 79.0 Å². The third kappa shape index (κ3) is 3.50. The largest absolute Gasteiger partial charge is 0.472 e. The molecule has 3 fully saturated rings. The first-order valence-corrected chi connectivity index (χ1v) is 9.89. The van der Waals surface area contributed by atoms with Gasteiger partial charge in [-0.15, -0.1) is 10.2 Å². The van der Waals surface area contributed by atoms with Crippen LogP contribution in [0.25, 0.3) is 0 Å². The lowest BCUT2D eigenvalue weighted by molar-refractivity contribution is 0.125. The van der Waals surface area contributed by atoms with Crippen LogP contribution in [0.5, 0.6) is 5.19 Å². The predicted octanol–water partition coefficient (Wildman–Crippen LogP) is 0.249. The van der Waals surface area contributed by atoms with Crippen molar-refractivity contribution < 1.29 is 13.2 Å². The van der Waals surface area contributed by atoms with Crippen LogP contribution in [-0.2, 0) is 16.8 Å². The lowest BCUT2D eigenvalue weighted by Crippen LogP contribution is -2.45. The van der Waals surface area contributed by atoms with E-state index in [0.717, 1.165) is 24.4 Å². The van der Waals surface area contributed by atoms with Gasteiger partial charge in [-0.25, -0.2) is 0 Å². The first-order valence-electron chi connectivity index (χ1n) is 7.68. The van der Waals surface area contributed by atoms with Crippen LogP contribution in [0.4, 0.5) is 0 Å². The lowest BCUT2D eigenvalue weighted by atomic mass is 9.95. The Bertz CT molecular complexity index is 648. The second-order valence-corrected chi connectivity index (χ2v) is 9.47. The molecule has 23 heavy (non-hydrogen) atoms. The van der Waals surface area contributed by atoms with Gasteiger partial charge in [0.15, 0.2) is 0 Å². The minimum Gasteiger partial charge on any atom is -0.472 e. The van der Waals surface area contributed by atoms with Crippen molar-refractivity contribution in [2.75, 3.05) is 40.8 Å². The molecule has 3 aliphatic rings. The van der Waals surface area contributed by atoms with Crippen molar-refractivity contribution in [2.45, 2.75) is 25.4 Å². The quantitative estimate of drug-likeness (QED) is 0.748. The van der Waals surface area contributed by atoms with Crippen LogP contribution in [0.15, 0.2) is 0 Å². The molecule has 0 unspecified atom stereocenters. The van der Waals surface area contributed by atoms with Gasteiger partial charge in [0.25, 0.3) is 15.4 Å². The van der Waals surface area contributed by atoms with E-state index < -0.39 is 10.2 Å². The van der Waals surface area contributed by atoms with Gasteiger partial charge >= 0.3 is 0 Å². The Morgan fingerprint density at radius 1 is 1.26 bits per heavy atom. The highest BCUT2D eigenvalue weighted by molar-refractivity contribution is 7.86. The Labute approximate surface area is 141 Å². The average molecular weight is 361 g/mol. The molecule has 1 aromatic rings. The Balaban J connectivity index is 1.74. The maximum absolute atomic E-state index is 12.5. The molecule has 0 N–H and O–H groups in total. The maximum atomic E-state index is 12.5. The number of rotatable bonds is 5. The van der Waals surface area contributed by atoms with Crippen molar-refractivity contribution in [1.29, 1.82) is 0 Å². The number of aromatic nitrogens is 2. The highest BCUT2D eigenvalue weighted by Gasteiger charge is 2.39. The second kappa shape index (κ2) is 6.60. The molecule has 0 spiro atoms. The van der Waals surface area contributed by atoms with Gasteiger partial charge < -0.3 is 4.74 Å². The van der Waals surface area contributed by atoms with Gasteiger partial charge in [-0.3, -0.25) is 4.90 Å². The van der Waals surface area contributed by atoms with Gasteiger partial charge in [0.1, 0.15) is 5.01 Å². The molecule has 0 amide bonds. The van der Waals surface area contributed by atoms with Crippen molar-refractivity contribution in [3.05, 3.63) is 5.01 Å². The maximum Gasteiger partial charge on any atom is 0.293 e. The summed E-state index contributed by atoms with van der Waals surface area (Å²) in [5, 5.41) is 9.60. The molecule has 1 aromatic heterocycles. The SMILES string of the molecule is COc1nnc(CN2C[C@H]3CC[C@@H]2CN(S(=O)(=O)N(C)C)C3)s1. The van der Waals surface area contributed by atoms with Crippen molar-refractivity contribution >= 4 is 21.5 Å². The van der Waals surface area contributed by atoms with Crippen LogP contribution in [0.2, 0.25) is 0 Å². The van der Waals surface area contributed by atoms with E-state index in [1.165, 1.54) is 15.6 Å². The summed E-state index contributed by atoms with van der Waals surface area (Å²) in [7, 11) is 1.42. The van der Waals surface area contributed by atoms with E-state index in [-0.39, 0.29) is 6.04 Å². The molecule has 0 aliphatic carbocycles. The molecule has 3 aliphatic heterocycles. The Kier molecular flexibility index (Phi) is 4.88. The Morgan fingerprint density at radius 3 is 2.70 bits per heavy atom. The van der Waals surface area contributed by atoms with Crippen LogP contribution >= 0.6 is 11.3 Å². The van der Waals surface area contributed by atoms with Crippen LogP contribution in [0, 0.1) is 5.92 Å². The highest BCUT2D eigenvalue weighted by Crippen LogP contribution is 2.31. The van der Waals surface area contributed by atoms with Crippen molar-refractivity contribution in [2.24, 2.45) is 5.92 Å². The second-order valence-electron chi connectivity index (χ2n) is 6.30. The Morgan fingerprint density at radius 2 is 2.04 bits per heavy atom. The van der Waals surface area contributed by atoms with Crippen molar-refractivity contribution in [1.82, 2.24) is 23.7 Å². The molecule has 8 nitrogen and oxygen atoms in total. The zero-order valence-corrected chi connectivity index (χ0v) is 15.3. The number of nitrogens with zero attached hydrogens (tertiary/aromatic N) is 5. The number of hydrogen-bond donors (Lipinski definition) is 0. The first kappa shape index (κ1) is 17.0. The minimum atomic E-state index is -3.35. The van der Waals surface area contributed by atoms with Gasteiger partial charge in [0.2, 0.25) is 0 Å². The van der Waals surface area contributed by atoms with E-state index in [0.29, 0.717) is 30.7 Å². The normalized spacial score (nSPS) is 26.6. The van der Waals surface area contributed by atoms with E-state index in [1.54, 1.807) is 25.5 Å². The number of piperidine rings is 1. The molecule has 2 bridgehead atoms. The zero-order valence-electron chi connectivity index (χ0n) is 13.7. The Hall–Kier alpha value is -0.810. The minimum absolute atomic E-state index is 0.235. The van der Waals surface area contributed by atoms with Gasteiger partial charge in [0.05, 0.1) is 13.7 Å². The molecule has 4 rings (SSSR count). The van der Waals surface area contributed by atoms with E-state index in [9.17, 15) is 8.42 Å². The molecule has 2 atom stereocenters. The fraction of sp³-hybridized carbons (Fsp3) is 0.846. The summed E-state index contributed by atoms with van der Waals surface area (Å²) >= 11 is 1.45. The first-order chi connectivity index (χ1) is 10.9. The van der Waals surface area contributed by atoms with E-state index in [1.807, 2.05) is 0 Å². The molecule has 130 valence electrons. The number of methoxy groups -OCH3 is 1. The average Bonchev–Trinajstić information content (AvgIpc) is 2.75. The third-order valence-electron chi connectivity index (χ3n) is 4.54. The molecule has 3 saturated heterocycles. The monoisotopic (exact) mass is 361 g/mol. The summed E-state index contributed by atoms with van der Waals surface area (Å²) in [6.45, 7) is 2.77. The summed E-state index contributed by atoms with van der Waals surface area (Å²) in [6.07, 6.45) is 2.11. The molecular formula is C13H23N5O3S2. The molecular weight excluding hydrogens is 338 g/mol. The number of fused-ring (bicyclic) bond motifs is 4. The van der Waals surface area contributed by atoms with Crippen molar-refractivity contribution in [3.63, 3.8) is 0 Å². The summed E-state index contributed by atoms with van der Waals surface area (Å²) in [6, 6.07) is 0.235. The van der Waals surface area contributed by atoms with Gasteiger partial charge in [0, 0.05) is 39.8 Å². The summed E-state index contributed by atoms with van der Waals surface area (Å²) in [5.41, 5.74) is 0.